The summed E-state index contributed by atoms with van der Waals surface area (Å²) in [6.45, 7) is 2.19. The number of imidazole rings is 1. The molecule has 0 N–H and O–H groups in total. The second-order valence-corrected chi connectivity index (χ2v) is 10.7. The van der Waals surface area contributed by atoms with Gasteiger partial charge in [0.2, 0.25) is 5.91 Å². The van der Waals surface area contributed by atoms with Gasteiger partial charge in [0.05, 0.1) is 24.8 Å². The molecule has 4 aromatic rings. The lowest BCUT2D eigenvalue weighted by molar-refractivity contribution is -0.127. The number of aryl methyl sites for hydroxylation is 2. The number of rotatable bonds is 6. The van der Waals surface area contributed by atoms with Gasteiger partial charge in [0.25, 0.3) is 10.0 Å². The number of hydrogen-bond acceptors (Lipinski definition) is 6. The SMILES string of the molecule is COc1ccc(-c2cn3c(n2)C(c2ccc(OC)cc2)N(S(=O)(=O)c2ccc(C)cc2)C(=O)CC3)cc1. The van der Waals surface area contributed by atoms with E-state index >= 15 is 0 Å². The van der Waals surface area contributed by atoms with Crippen molar-refractivity contribution in [3.63, 3.8) is 0 Å². The summed E-state index contributed by atoms with van der Waals surface area (Å²) in [6, 6.07) is 20.1. The monoisotopic (exact) mass is 517 g/mol. The molecule has 190 valence electrons. The fourth-order valence-corrected chi connectivity index (χ4v) is 6.03. The van der Waals surface area contributed by atoms with Crippen molar-refractivity contribution in [1.29, 1.82) is 0 Å². The second-order valence-electron chi connectivity index (χ2n) is 8.84. The number of methoxy groups -OCH3 is 2. The van der Waals surface area contributed by atoms with Crippen molar-refractivity contribution < 1.29 is 22.7 Å². The molecule has 1 aliphatic heterocycles. The molecule has 0 aliphatic carbocycles. The fourth-order valence-electron chi connectivity index (χ4n) is 4.47. The van der Waals surface area contributed by atoms with Crippen LogP contribution in [0, 0.1) is 6.92 Å². The number of carbonyl (C=O) groups is 1. The minimum absolute atomic E-state index is 0.0170. The molecule has 1 amide bonds. The Morgan fingerprint density at radius 2 is 1.46 bits per heavy atom. The Morgan fingerprint density at radius 3 is 2.05 bits per heavy atom. The summed E-state index contributed by atoms with van der Waals surface area (Å²) in [5.41, 5.74) is 3.07. The van der Waals surface area contributed by atoms with Crippen molar-refractivity contribution >= 4 is 15.9 Å². The number of hydrogen-bond donors (Lipinski definition) is 0. The zero-order valence-electron chi connectivity index (χ0n) is 20.8. The van der Waals surface area contributed by atoms with Crippen molar-refractivity contribution in [3.8, 4) is 22.8 Å². The van der Waals surface area contributed by atoms with Gasteiger partial charge in [-0.1, -0.05) is 29.8 Å². The Hall–Kier alpha value is -4.11. The van der Waals surface area contributed by atoms with Crippen LogP contribution in [-0.4, -0.2) is 42.4 Å². The van der Waals surface area contributed by atoms with Gasteiger partial charge in [-0.3, -0.25) is 4.79 Å². The predicted octanol–water partition coefficient (Wildman–Crippen LogP) is 4.59. The Morgan fingerprint density at radius 1 is 0.865 bits per heavy atom. The van der Waals surface area contributed by atoms with E-state index in [1.807, 2.05) is 42.0 Å². The highest BCUT2D eigenvalue weighted by Crippen LogP contribution is 2.38. The van der Waals surface area contributed by atoms with Gasteiger partial charge in [-0.05, 0) is 61.0 Å². The molecule has 5 rings (SSSR count). The molecule has 1 unspecified atom stereocenters. The molecular formula is C28H27N3O5S. The van der Waals surface area contributed by atoms with E-state index in [9.17, 15) is 13.2 Å². The lowest BCUT2D eigenvalue weighted by atomic mass is 10.1. The van der Waals surface area contributed by atoms with Gasteiger partial charge in [-0.2, -0.15) is 0 Å². The molecule has 37 heavy (non-hydrogen) atoms. The van der Waals surface area contributed by atoms with E-state index in [1.54, 1.807) is 50.6 Å². The van der Waals surface area contributed by atoms with Crippen LogP contribution in [0.5, 0.6) is 11.5 Å². The zero-order chi connectivity index (χ0) is 26.2. The van der Waals surface area contributed by atoms with Crippen molar-refractivity contribution in [2.24, 2.45) is 0 Å². The highest BCUT2D eigenvalue weighted by Gasteiger charge is 2.41. The summed E-state index contributed by atoms with van der Waals surface area (Å²) in [5.74, 6) is 1.33. The molecular weight excluding hydrogens is 490 g/mol. The molecule has 1 atom stereocenters. The molecule has 9 heteroatoms. The highest BCUT2D eigenvalue weighted by molar-refractivity contribution is 7.89. The van der Waals surface area contributed by atoms with E-state index in [2.05, 4.69) is 0 Å². The van der Waals surface area contributed by atoms with E-state index < -0.39 is 22.0 Å². The van der Waals surface area contributed by atoms with Gasteiger partial charge < -0.3 is 14.0 Å². The number of amides is 1. The van der Waals surface area contributed by atoms with Crippen LogP contribution in [0.3, 0.4) is 0 Å². The molecule has 0 fully saturated rings. The topological polar surface area (TPSA) is 90.7 Å². The number of aromatic nitrogens is 2. The van der Waals surface area contributed by atoms with E-state index in [4.69, 9.17) is 14.5 Å². The number of ether oxygens (including phenoxy) is 2. The number of sulfonamides is 1. The molecule has 0 bridgehead atoms. The third-order valence-electron chi connectivity index (χ3n) is 6.49. The molecule has 1 aliphatic rings. The van der Waals surface area contributed by atoms with Crippen LogP contribution in [0.15, 0.2) is 83.9 Å². The Bertz CT molecular complexity index is 1530. The number of carbonyl (C=O) groups excluding carboxylic acids is 1. The number of fused-ring (bicyclic) bond motifs is 1. The van der Waals surface area contributed by atoms with Crippen LogP contribution < -0.4 is 9.47 Å². The zero-order valence-corrected chi connectivity index (χ0v) is 21.6. The average Bonchev–Trinajstić information content (AvgIpc) is 3.28. The molecule has 0 saturated carbocycles. The third kappa shape index (κ3) is 4.58. The van der Waals surface area contributed by atoms with E-state index in [1.165, 1.54) is 12.1 Å². The van der Waals surface area contributed by atoms with Crippen molar-refractivity contribution in [1.82, 2.24) is 13.9 Å². The molecule has 2 heterocycles. The number of benzene rings is 3. The maximum Gasteiger partial charge on any atom is 0.267 e. The Balaban J connectivity index is 1.68. The largest absolute Gasteiger partial charge is 0.497 e. The summed E-state index contributed by atoms with van der Waals surface area (Å²) in [7, 11) is -1.02. The summed E-state index contributed by atoms with van der Waals surface area (Å²) >= 11 is 0. The molecule has 1 aromatic heterocycles. The van der Waals surface area contributed by atoms with E-state index in [-0.39, 0.29) is 11.3 Å². The standard InChI is InChI=1S/C28H27N3O5S/c1-19-4-14-24(15-5-19)37(33,34)31-26(32)16-17-30-18-25(20-6-10-22(35-2)11-7-20)29-28(30)27(31)21-8-12-23(36-3)13-9-21/h4-15,18,27H,16-17H2,1-3H3. The number of nitrogens with zero attached hydrogens (tertiary/aromatic N) is 3. The van der Waals surface area contributed by atoms with Gasteiger partial charge in [0.1, 0.15) is 23.4 Å². The highest BCUT2D eigenvalue weighted by atomic mass is 32.2. The maximum absolute atomic E-state index is 14.0. The van der Waals surface area contributed by atoms with Crippen LogP contribution in [0.1, 0.15) is 29.4 Å². The quantitative estimate of drug-likeness (QED) is 0.372. The lowest BCUT2D eigenvalue weighted by Crippen LogP contribution is -2.39. The summed E-state index contributed by atoms with van der Waals surface area (Å²) < 4.78 is 41.3. The summed E-state index contributed by atoms with van der Waals surface area (Å²) in [4.78, 5) is 18.4. The van der Waals surface area contributed by atoms with Crippen LogP contribution in [-0.2, 0) is 21.4 Å². The summed E-state index contributed by atoms with van der Waals surface area (Å²) in [5, 5.41) is 0. The van der Waals surface area contributed by atoms with Crippen molar-refractivity contribution in [3.05, 3.63) is 95.9 Å². The normalized spacial score (nSPS) is 15.7. The predicted molar refractivity (Wildman–Crippen MR) is 139 cm³/mol. The first-order valence-electron chi connectivity index (χ1n) is 11.8. The van der Waals surface area contributed by atoms with Crippen LogP contribution >= 0.6 is 0 Å². The van der Waals surface area contributed by atoms with Crippen LogP contribution in [0.4, 0.5) is 0 Å². The lowest BCUT2D eigenvalue weighted by Gasteiger charge is -2.29. The molecule has 0 radical (unpaired) electrons. The molecule has 0 spiro atoms. The van der Waals surface area contributed by atoms with Gasteiger partial charge >= 0.3 is 0 Å². The van der Waals surface area contributed by atoms with Crippen molar-refractivity contribution in [2.45, 2.75) is 30.8 Å². The Labute approximate surface area is 216 Å². The summed E-state index contributed by atoms with van der Waals surface area (Å²) in [6.07, 6.45) is 1.88. The fraction of sp³-hybridized carbons (Fsp3) is 0.214. The van der Waals surface area contributed by atoms with Crippen molar-refractivity contribution in [2.75, 3.05) is 14.2 Å². The molecule has 8 nitrogen and oxygen atoms in total. The first kappa shape index (κ1) is 24.6. The molecule has 0 saturated heterocycles. The molecule has 3 aromatic carbocycles. The first-order chi connectivity index (χ1) is 17.8. The third-order valence-corrected chi connectivity index (χ3v) is 8.29. The second kappa shape index (κ2) is 9.74. The minimum Gasteiger partial charge on any atom is -0.497 e. The van der Waals surface area contributed by atoms with E-state index in [0.717, 1.165) is 21.2 Å². The smallest absolute Gasteiger partial charge is 0.267 e. The minimum atomic E-state index is -4.19. The van der Waals surface area contributed by atoms with Gasteiger partial charge in [-0.25, -0.2) is 17.7 Å². The first-order valence-corrected chi connectivity index (χ1v) is 13.2. The van der Waals surface area contributed by atoms with E-state index in [0.29, 0.717) is 29.4 Å². The maximum atomic E-state index is 14.0. The van der Waals surface area contributed by atoms with Gasteiger partial charge in [0.15, 0.2) is 0 Å². The average molecular weight is 518 g/mol. The Kier molecular flexibility index (Phi) is 6.47. The van der Waals surface area contributed by atoms with Gasteiger partial charge in [0, 0.05) is 24.7 Å². The van der Waals surface area contributed by atoms with Crippen LogP contribution in [0.25, 0.3) is 11.3 Å². The van der Waals surface area contributed by atoms with Gasteiger partial charge in [-0.15, -0.1) is 0 Å². The van der Waals surface area contributed by atoms with Crippen LogP contribution in [0.2, 0.25) is 0 Å².